The molecule has 1 aromatic rings. The normalized spacial score (nSPS) is 28.6. The number of nitrogens with one attached hydrogen (secondary N) is 1. The van der Waals surface area contributed by atoms with Crippen LogP contribution < -0.4 is 10.1 Å². The van der Waals surface area contributed by atoms with E-state index in [9.17, 15) is 14.7 Å². The highest BCUT2D eigenvalue weighted by Gasteiger charge is 2.51. The number of ether oxygens (including phenoxy) is 1. The van der Waals surface area contributed by atoms with E-state index >= 15 is 0 Å². The number of rotatable bonds is 5. The Balaban J connectivity index is 1.75. The molecule has 4 atom stereocenters. The fourth-order valence-electron chi connectivity index (χ4n) is 3.57. The van der Waals surface area contributed by atoms with Crippen molar-refractivity contribution in [2.75, 3.05) is 11.9 Å². The average Bonchev–Trinajstić information content (AvgIpc) is 3.08. The molecule has 0 heterocycles. The van der Waals surface area contributed by atoms with Gasteiger partial charge in [0.15, 0.2) is 0 Å². The molecule has 1 amide bonds. The van der Waals surface area contributed by atoms with Gasteiger partial charge in [-0.05, 0) is 37.3 Å². The lowest BCUT2D eigenvalue weighted by atomic mass is 9.82. The Kier molecular flexibility index (Phi) is 3.88. The number of carbonyl (C=O) groups is 2. The lowest BCUT2D eigenvalue weighted by molar-refractivity contribution is -0.146. The van der Waals surface area contributed by atoms with Crippen molar-refractivity contribution in [3.8, 4) is 5.75 Å². The van der Waals surface area contributed by atoms with Gasteiger partial charge in [0.2, 0.25) is 5.91 Å². The predicted octanol–water partition coefficient (Wildman–Crippen LogP) is 2.55. The number of carboxylic acids is 1. The van der Waals surface area contributed by atoms with Gasteiger partial charge in [-0.2, -0.15) is 0 Å². The van der Waals surface area contributed by atoms with E-state index in [0.29, 0.717) is 18.0 Å². The van der Waals surface area contributed by atoms with Crippen LogP contribution in [0.25, 0.3) is 0 Å². The van der Waals surface area contributed by atoms with E-state index < -0.39 is 17.8 Å². The molecule has 2 bridgehead atoms. The molecule has 5 heteroatoms. The highest BCUT2D eigenvalue weighted by molar-refractivity contribution is 5.96. The summed E-state index contributed by atoms with van der Waals surface area (Å²) in [6, 6.07) is 7.15. The summed E-state index contributed by atoms with van der Waals surface area (Å²) in [5.41, 5.74) is 0.631. The molecule has 0 aliphatic heterocycles. The van der Waals surface area contributed by atoms with Crippen LogP contribution in [0.2, 0.25) is 0 Å². The van der Waals surface area contributed by atoms with Gasteiger partial charge in [-0.1, -0.05) is 18.2 Å². The van der Waals surface area contributed by atoms with E-state index in [1.165, 1.54) is 0 Å². The number of carboxylic acid groups (broad SMARTS) is 1. The molecular weight excluding hydrogens is 282 g/mol. The zero-order valence-electron chi connectivity index (χ0n) is 12.4. The highest BCUT2D eigenvalue weighted by atomic mass is 16.5. The minimum absolute atomic E-state index is 0.0204. The second-order valence-electron chi connectivity index (χ2n) is 5.79. The molecule has 3 rings (SSSR count). The Bertz CT molecular complexity index is 625. The molecule has 0 saturated heterocycles. The van der Waals surface area contributed by atoms with Crippen molar-refractivity contribution < 1.29 is 19.4 Å². The number of allylic oxidation sites excluding steroid dienone is 2. The molecule has 0 spiro atoms. The van der Waals surface area contributed by atoms with Gasteiger partial charge in [-0.15, -0.1) is 0 Å². The summed E-state index contributed by atoms with van der Waals surface area (Å²) in [5.74, 6) is -1.54. The second-order valence-corrected chi connectivity index (χ2v) is 5.79. The SMILES string of the molecule is CCOc1cccc(NC(=O)C2C3C=CC(C3)C2C(=O)O)c1. The molecule has 1 saturated carbocycles. The number of hydrogen-bond donors (Lipinski definition) is 2. The highest BCUT2D eigenvalue weighted by Crippen LogP contribution is 2.48. The molecule has 2 aliphatic carbocycles. The summed E-state index contributed by atoms with van der Waals surface area (Å²) >= 11 is 0. The topological polar surface area (TPSA) is 75.6 Å². The molecule has 1 aromatic carbocycles. The van der Waals surface area contributed by atoms with Crippen LogP contribution in [0.4, 0.5) is 5.69 Å². The zero-order valence-corrected chi connectivity index (χ0v) is 12.4. The Labute approximate surface area is 129 Å². The molecular formula is C17H19NO4. The van der Waals surface area contributed by atoms with Crippen molar-refractivity contribution in [2.45, 2.75) is 13.3 Å². The van der Waals surface area contributed by atoms with Crippen molar-refractivity contribution in [2.24, 2.45) is 23.7 Å². The van der Waals surface area contributed by atoms with Crippen molar-refractivity contribution in [1.29, 1.82) is 0 Å². The average molecular weight is 301 g/mol. The number of benzene rings is 1. The van der Waals surface area contributed by atoms with Gasteiger partial charge in [0, 0.05) is 11.8 Å². The van der Waals surface area contributed by atoms with Crippen molar-refractivity contribution in [3.63, 3.8) is 0 Å². The fraction of sp³-hybridized carbons (Fsp3) is 0.412. The smallest absolute Gasteiger partial charge is 0.307 e. The minimum atomic E-state index is -0.889. The summed E-state index contributed by atoms with van der Waals surface area (Å²) in [5, 5.41) is 12.2. The van der Waals surface area contributed by atoms with Crippen LogP contribution >= 0.6 is 0 Å². The lowest BCUT2D eigenvalue weighted by Gasteiger charge is -2.23. The lowest BCUT2D eigenvalue weighted by Crippen LogP contribution is -2.36. The molecule has 2 aliphatic rings. The van der Waals surface area contributed by atoms with E-state index in [1.807, 2.05) is 25.1 Å². The number of amides is 1. The summed E-state index contributed by atoms with van der Waals surface area (Å²) in [7, 11) is 0. The van der Waals surface area contributed by atoms with Gasteiger partial charge in [-0.3, -0.25) is 9.59 Å². The van der Waals surface area contributed by atoms with Crippen LogP contribution in [-0.4, -0.2) is 23.6 Å². The van der Waals surface area contributed by atoms with Crippen LogP contribution in [0.3, 0.4) is 0 Å². The third-order valence-electron chi connectivity index (χ3n) is 4.46. The van der Waals surface area contributed by atoms with Crippen LogP contribution in [0, 0.1) is 23.7 Å². The molecule has 5 nitrogen and oxygen atoms in total. The Morgan fingerprint density at radius 3 is 2.68 bits per heavy atom. The van der Waals surface area contributed by atoms with Crippen LogP contribution in [0.15, 0.2) is 36.4 Å². The second kappa shape index (κ2) is 5.83. The number of aliphatic carboxylic acids is 1. The number of hydrogen-bond acceptors (Lipinski definition) is 3. The van der Waals surface area contributed by atoms with Gasteiger partial charge in [-0.25, -0.2) is 0 Å². The van der Waals surface area contributed by atoms with E-state index in [4.69, 9.17) is 4.74 Å². The molecule has 22 heavy (non-hydrogen) atoms. The van der Waals surface area contributed by atoms with Gasteiger partial charge >= 0.3 is 5.97 Å². The van der Waals surface area contributed by atoms with Crippen molar-refractivity contribution in [3.05, 3.63) is 36.4 Å². The van der Waals surface area contributed by atoms with E-state index in [0.717, 1.165) is 6.42 Å². The quantitative estimate of drug-likeness (QED) is 0.820. The first kappa shape index (κ1) is 14.6. The number of anilines is 1. The molecule has 116 valence electrons. The maximum Gasteiger partial charge on any atom is 0.307 e. The number of fused-ring (bicyclic) bond motifs is 2. The maximum atomic E-state index is 12.5. The summed E-state index contributed by atoms with van der Waals surface area (Å²) in [4.78, 5) is 24.0. The van der Waals surface area contributed by atoms with Crippen molar-refractivity contribution in [1.82, 2.24) is 0 Å². The summed E-state index contributed by atoms with van der Waals surface area (Å²) in [6.45, 7) is 2.44. The van der Waals surface area contributed by atoms with Crippen LogP contribution in [0.1, 0.15) is 13.3 Å². The molecule has 0 aromatic heterocycles. The Hall–Kier alpha value is -2.30. The molecule has 1 fully saturated rings. The monoisotopic (exact) mass is 301 g/mol. The predicted molar refractivity (Wildman–Crippen MR) is 81.6 cm³/mol. The maximum absolute atomic E-state index is 12.5. The van der Waals surface area contributed by atoms with E-state index in [1.54, 1.807) is 18.2 Å². The Morgan fingerprint density at radius 1 is 1.27 bits per heavy atom. The molecule has 0 radical (unpaired) electrons. The van der Waals surface area contributed by atoms with Crippen molar-refractivity contribution >= 4 is 17.6 Å². The van der Waals surface area contributed by atoms with Crippen LogP contribution in [-0.2, 0) is 9.59 Å². The summed E-state index contributed by atoms with van der Waals surface area (Å²) < 4.78 is 5.41. The largest absolute Gasteiger partial charge is 0.494 e. The third-order valence-corrected chi connectivity index (χ3v) is 4.46. The first-order valence-corrected chi connectivity index (χ1v) is 7.55. The first-order valence-electron chi connectivity index (χ1n) is 7.55. The van der Waals surface area contributed by atoms with E-state index in [-0.39, 0.29) is 17.7 Å². The van der Waals surface area contributed by atoms with Gasteiger partial charge < -0.3 is 15.2 Å². The van der Waals surface area contributed by atoms with Gasteiger partial charge in [0.25, 0.3) is 0 Å². The molecule has 2 N–H and O–H groups in total. The first-order chi connectivity index (χ1) is 10.6. The summed E-state index contributed by atoms with van der Waals surface area (Å²) in [6.07, 6.45) is 4.67. The van der Waals surface area contributed by atoms with Crippen LogP contribution in [0.5, 0.6) is 5.75 Å². The number of carbonyl (C=O) groups excluding carboxylic acids is 1. The third kappa shape index (κ3) is 2.58. The van der Waals surface area contributed by atoms with Gasteiger partial charge in [0.1, 0.15) is 5.75 Å². The fourth-order valence-corrected chi connectivity index (χ4v) is 3.57. The Morgan fingerprint density at radius 2 is 2.00 bits per heavy atom. The molecule has 4 unspecified atom stereocenters. The zero-order chi connectivity index (χ0) is 15.7. The standard InChI is InChI=1S/C17H19NO4/c1-2-22-13-5-3-4-12(9-13)18-16(19)14-10-6-7-11(8-10)15(14)17(20)21/h3-7,9-11,14-15H,2,8H2,1H3,(H,18,19)(H,20,21). The van der Waals surface area contributed by atoms with E-state index in [2.05, 4.69) is 5.32 Å². The van der Waals surface area contributed by atoms with Gasteiger partial charge in [0.05, 0.1) is 18.4 Å². The minimum Gasteiger partial charge on any atom is -0.494 e.